The Hall–Kier alpha value is -0.390. The van der Waals surface area contributed by atoms with Crippen molar-refractivity contribution >= 4 is 10.0 Å². The van der Waals surface area contributed by atoms with Gasteiger partial charge in [0, 0.05) is 13.1 Å². The third-order valence-electron chi connectivity index (χ3n) is 4.41. The van der Waals surface area contributed by atoms with E-state index < -0.39 is 10.0 Å². The third kappa shape index (κ3) is 4.04. The maximum absolute atomic E-state index is 11.4. The summed E-state index contributed by atoms with van der Waals surface area (Å²) in [7, 11) is -3.03. The molecule has 0 heterocycles. The normalized spacial score (nSPS) is 29.5. The lowest BCUT2D eigenvalue weighted by molar-refractivity contribution is 0.391. The van der Waals surface area contributed by atoms with Crippen LogP contribution in [0.25, 0.3) is 0 Å². The Morgan fingerprint density at radius 2 is 2.11 bits per heavy atom. The lowest BCUT2D eigenvalue weighted by Crippen LogP contribution is -2.33. The molecule has 0 aliphatic heterocycles. The van der Waals surface area contributed by atoms with Gasteiger partial charge in [-0.1, -0.05) is 19.1 Å². The molecule has 4 nitrogen and oxygen atoms in total. The molecule has 110 valence electrons. The van der Waals surface area contributed by atoms with Crippen molar-refractivity contribution in [2.45, 2.75) is 26.2 Å². The summed E-state index contributed by atoms with van der Waals surface area (Å²) >= 11 is 0. The van der Waals surface area contributed by atoms with Crippen LogP contribution in [0.4, 0.5) is 0 Å². The Bertz CT molecular complexity index is 419. The van der Waals surface area contributed by atoms with Gasteiger partial charge < -0.3 is 5.32 Å². The fourth-order valence-electron chi connectivity index (χ4n) is 3.36. The zero-order valence-electron chi connectivity index (χ0n) is 12.0. The van der Waals surface area contributed by atoms with Gasteiger partial charge in [-0.05, 0) is 50.1 Å². The van der Waals surface area contributed by atoms with E-state index >= 15 is 0 Å². The highest BCUT2D eigenvalue weighted by molar-refractivity contribution is 7.88. The molecule has 1 N–H and O–H groups in total. The first-order valence-electron chi connectivity index (χ1n) is 7.35. The van der Waals surface area contributed by atoms with Crippen LogP contribution in [0.3, 0.4) is 0 Å². The molecule has 2 aliphatic carbocycles. The van der Waals surface area contributed by atoms with Crippen LogP contribution in [0.15, 0.2) is 12.2 Å². The zero-order valence-corrected chi connectivity index (χ0v) is 12.8. The molecule has 0 aromatic heterocycles. The maximum Gasteiger partial charge on any atom is 0.211 e. The van der Waals surface area contributed by atoms with Gasteiger partial charge in [-0.3, -0.25) is 0 Å². The van der Waals surface area contributed by atoms with Gasteiger partial charge in [0.2, 0.25) is 10.0 Å². The number of nitrogens with zero attached hydrogens (tertiary/aromatic N) is 1. The topological polar surface area (TPSA) is 49.4 Å². The van der Waals surface area contributed by atoms with Crippen molar-refractivity contribution in [1.82, 2.24) is 9.62 Å². The average Bonchev–Trinajstić information content (AvgIpc) is 2.94. The SMILES string of the molecule is CCN(CCCNCC1CC2C=CC1C2)S(C)(=O)=O. The smallest absolute Gasteiger partial charge is 0.211 e. The fourth-order valence-corrected chi connectivity index (χ4v) is 4.29. The van der Waals surface area contributed by atoms with Crippen LogP contribution in [-0.4, -0.2) is 45.2 Å². The summed E-state index contributed by atoms with van der Waals surface area (Å²) in [6, 6.07) is 0. The Kier molecular flexibility index (Phi) is 5.03. The standard InChI is InChI=1S/C14H26N2O2S/c1-3-16(19(2,17)18)8-4-7-15-11-14-10-12-5-6-13(14)9-12/h5-6,12-15H,3-4,7-11H2,1-2H3. The van der Waals surface area contributed by atoms with E-state index in [4.69, 9.17) is 0 Å². The highest BCUT2D eigenvalue weighted by Gasteiger charge is 2.34. The molecule has 0 radical (unpaired) electrons. The first-order chi connectivity index (χ1) is 9.00. The van der Waals surface area contributed by atoms with Crippen LogP contribution in [-0.2, 0) is 10.0 Å². The van der Waals surface area contributed by atoms with E-state index in [1.54, 1.807) is 0 Å². The van der Waals surface area contributed by atoms with Crippen molar-refractivity contribution in [3.05, 3.63) is 12.2 Å². The quantitative estimate of drug-likeness (QED) is 0.543. The van der Waals surface area contributed by atoms with E-state index in [2.05, 4.69) is 17.5 Å². The number of allylic oxidation sites excluding steroid dienone is 2. The lowest BCUT2D eigenvalue weighted by Gasteiger charge is -2.20. The van der Waals surface area contributed by atoms with E-state index in [-0.39, 0.29) is 0 Å². The van der Waals surface area contributed by atoms with Crippen molar-refractivity contribution in [2.24, 2.45) is 17.8 Å². The minimum atomic E-state index is -3.03. The van der Waals surface area contributed by atoms with Gasteiger partial charge in [-0.25, -0.2) is 12.7 Å². The molecule has 0 aromatic rings. The first kappa shape index (κ1) is 15.0. The second-order valence-electron chi connectivity index (χ2n) is 5.85. The van der Waals surface area contributed by atoms with Gasteiger partial charge in [-0.15, -0.1) is 0 Å². The molecule has 3 unspecified atom stereocenters. The molecule has 0 saturated heterocycles. The molecule has 0 aromatic carbocycles. The summed E-state index contributed by atoms with van der Waals surface area (Å²) in [6.07, 6.45) is 9.60. The van der Waals surface area contributed by atoms with E-state index in [1.807, 2.05) is 6.92 Å². The van der Waals surface area contributed by atoms with Crippen LogP contribution < -0.4 is 5.32 Å². The predicted molar refractivity (Wildman–Crippen MR) is 78.4 cm³/mol. The molecule has 0 amide bonds. The number of nitrogens with one attached hydrogen (secondary N) is 1. The summed E-state index contributed by atoms with van der Waals surface area (Å²) in [5.74, 6) is 2.42. The van der Waals surface area contributed by atoms with E-state index in [0.717, 1.165) is 37.3 Å². The molecule has 19 heavy (non-hydrogen) atoms. The van der Waals surface area contributed by atoms with Crippen LogP contribution in [0.1, 0.15) is 26.2 Å². The molecule has 3 atom stereocenters. The molecular formula is C14H26N2O2S. The highest BCUT2D eigenvalue weighted by atomic mass is 32.2. The zero-order chi connectivity index (χ0) is 13.9. The summed E-state index contributed by atoms with van der Waals surface area (Å²) < 4.78 is 24.4. The molecule has 2 rings (SSSR count). The molecule has 1 saturated carbocycles. The molecule has 0 spiro atoms. The largest absolute Gasteiger partial charge is 0.316 e. The van der Waals surface area contributed by atoms with Crippen molar-refractivity contribution in [3.8, 4) is 0 Å². The Morgan fingerprint density at radius 1 is 1.32 bits per heavy atom. The van der Waals surface area contributed by atoms with Gasteiger partial charge in [0.1, 0.15) is 0 Å². The van der Waals surface area contributed by atoms with Crippen LogP contribution >= 0.6 is 0 Å². The van der Waals surface area contributed by atoms with Crippen LogP contribution in [0.5, 0.6) is 0 Å². The summed E-state index contributed by atoms with van der Waals surface area (Å²) in [5, 5.41) is 3.49. The summed E-state index contributed by atoms with van der Waals surface area (Å²) in [5.41, 5.74) is 0. The minimum absolute atomic E-state index is 0.565. The number of hydrogen-bond donors (Lipinski definition) is 1. The second kappa shape index (κ2) is 6.37. The molecule has 1 fully saturated rings. The Morgan fingerprint density at radius 3 is 2.63 bits per heavy atom. The van der Waals surface area contributed by atoms with E-state index in [9.17, 15) is 8.42 Å². The second-order valence-corrected chi connectivity index (χ2v) is 7.84. The van der Waals surface area contributed by atoms with Gasteiger partial charge in [0.25, 0.3) is 0 Å². The molecule has 5 heteroatoms. The number of hydrogen-bond acceptors (Lipinski definition) is 3. The first-order valence-corrected chi connectivity index (χ1v) is 9.19. The van der Waals surface area contributed by atoms with Crippen LogP contribution in [0, 0.1) is 17.8 Å². The molecule has 2 aliphatic rings. The summed E-state index contributed by atoms with van der Waals surface area (Å²) in [6.45, 7) is 5.06. The monoisotopic (exact) mass is 286 g/mol. The van der Waals surface area contributed by atoms with Crippen molar-refractivity contribution in [3.63, 3.8) is 0 Å². The van der Waals surface area contributed by atoms with Crippen molar-refractivity contribution in [2.75, 3.05) is 32.4 Å². The Balaban J connectivity index is 1.59. The van der Waals surface area contributed by atoms with E-state index in [0.29, 0.717) is 13.1 Å². The fraction of sp³-hybridized carbons (Fsp3) is 0.857. The average molecular weight is 286 g/mol. The number of rotatable bonds is 8. The molecular weight excluding hydrogens is 260 g/mol. The van der Waals surface area contributed by atoms with Crippen molar-refractivity contribution < 1.29 is 8.42 Å². The summed E-state index contributed by atoms with van der Waals surface area (Å²) in [4.78, 5) is 0. The van der Waals surface area contributed by atoms with Crippen LogP contribution in [0.2, 0.25) is 0 Å². The lowest BCUT2D eigenvalue weighted by atomic mass is 9.94. The molecule has 2 bridgehead atoms. The van der Waals surface area contributed by atoms with Gasteiger partial charge >= 0.3 is 0 Å². The minimum Gasteiger partial charge on any atom is -0.316 e. The maximum atomic E-state index is 11.4. The predicted octanol–water partition coefficient (Wildman–Crippen LogP) is 1.46. The number of fused-ring (bicyclic) bond motifs is 2. The Labute approximate surface area is 117 Å². The van der Waals surface area contributed by atoms with Crippen molar-refractivity contribution in [1.29, 1.82) is 0 Å². The number of sulfonamides is 1. The highest BCUT2D eigenvalue weighted by Crippen LogP contribution is 2.42. The van der Waals surface area contributed by atoms with Gasteiger partial charge in [-0.2, -0.15) is 0 Å². The third-order valence-corrected chi connectivity index (χ3v) is 5.78. The van der Waals surface area contributed by atoms with Gasteiger partial charge in [0.15, 0.2) is 0 Å². The van der Waals surface area contributed by atoms with E-state index in [1.165, 1.54) is 23.4 Å². The van der Waals surface area contributed by atoms with Gasteiger partial charge in [0.05, 0.1) is 6.26 Å².